The Hall–Kier alpha value is -1.13. The van der Waals surface area contributed by atoms with Crippen molar-refractivity contribution in [3.63, 3.8) is 0 Å². The van der Waals surface area contributed by atoms with Crippen LogP contribution in [-0.4, -0.2) is 24.9 Å². The Morgan fingerprint density at radius 1 is 1.25 bits per heavy atom. The van der Waals surface area contributed by atoms with Gasteiger partial charge < -0.3 is 15.2 Å². The van der Waals surface area contributed by atoms with E-state index in [1.807, 2.05) is 13.8 Å². The molecule has 3 nitrogen and oxygen atoms in total. The summed E-state index contributed by atoms with van der Waals surface area (Å²) in [7, 11) is 0. The number of hydrogen-bond donors (Lipinski definition) is 2. The quantitative estimate of drug-likeness (QED) is 0.646. The van der Waals surface area contributed by atoms with Gasteiger partial charge in [-0.1, -0.05) is 19.4 Å². The van der Waals surface area contributed by atoms with Crippen LogP contribution in [0.15, 0.2) is 18.2 Å². The van der Waals surface area contributed by atoms with Crippen molar-refractivity contribution in [2.45, 2.75) is 45.6 Å². The number of aliphatic hydroxyl groups excluding tert-OH is 1. The third-order valence-electron chi connectivity index (χ3n) is 3.26. The zero-order valence-electron chi connectivity index (χ0n) is 12.5. The minimum absolute atomic E-state index is 0.144. The summed E-state index contributed by atoms with van der Waals surface area (Å²) in [5.41, 5.74) is 0.989. The van der Waals surface area contributed by atoms with Crippen LogP contribution in [0, 0.1) is 5.82 Å². The van der Waals surface area contributed by atoms with E-state index in [2.05, 4.69) is 5.32 Å². The number of ether oxygens (including phenoxy) is 1. The second-order valence-corrected chi connectivity index (χ2v) is 4.95. The van der Waals surface area contributed by atoms with E-state index in [0.29, 0.717) is 12.4 Å². The first kappa shape index (κ1) is 16.9. The van der Waals surface area contributed by atoms with Gasteiger partial charge in [0, 0.05) is 24.3 Å². The molecule has 2 N–H and O–H groups in total. The predicted octanol–water partition coefficient (Wildman–Crippen LogP) is 3.43. The van der Waals surface area contributed by atoms with Crippen LogP contribution in [0.5, 0.6) is 5.75 Å². The highest BCUT2D eigenvalue weighted by molar-refractivity contribution is 5.36. The molecule has 1 unspecified atom stereocenters. The second-order valence-electron chi connectivity index (χ2n) is 4.95. The van der Waals surface area contributed by atoms with Crippen molar-refractivity contribution in [3.8, 4) is 5.75 Å². The van der Waals surface area contributed by atoms with Crippen molar-refractivity contribution >= 4 is 0 Å². The van der Waals surface area contributed by atoms with Gasteiger partial charge in [-0.3, -0.25) is 0 Å². The minimum atomic E-state index is -0.271. The van der Waals surface area contributed by atoms with Crippen LogP contribution in [0.2, 0.25) is 0 Å². The average Bonchev–Trinajstić information content (AvgIpc) is 2.43. The van der Waals surface area contributed by atoms with Crippen molar-refractivity contribution < 1.29 is 14.2 Å². The van der Waals surface area contributed by atoms with Crippen LogP contribution in [-0.2, 0) is 0 Å². The normalized spacial score (nSPS) is 12.4. The lowest BCUT2D eigenvalue weighted by Gasteiger charge is -2.17. The highest BCUT2D eigenvalue weighted by Crippen LogP contribution is 2.26. The molecule has 0 saturated heterocycles. The lowest BCUT2D eigenvalue weighted by molar-refractivity contribution is 0.272. The Kier molecular flexibility index (Phi) is 8.23. The van der Waals surface area contributed by atoms with E-state index >= 15 is 0 Å². The molecular formula is C16H26FNO2. The van der Waals surface area contributed by atoms with E-state index in [0.717, 1.165) is 37.8 Å². The predicted molar refractivity (Wildman–Crippen MR) is 79.5 cm³/mol. The Bertz CT molecular complexity index is 385. The topological polar surface area (TPSA) is 41.5 Å². The highest BCUT2D eigenvalue weighted by Gasteiger charge is 2.11. The lowest BCUT2D eigenvalue weighted by atomic mass is 10.1. The molecule has 0 aliphatic heterocycles. The van der Waals surface area contributed by atoms with Gasteiger partial charge in [0.1, 0.15) is 11.6 Å². The zero-order valence-corrected chi connectivity index (χ0v) is 12.5. The molecule has 0 fully saturated rings. The van der Waals surface area contributed by atoms with Crippen LogP contribution < -0.4 is 10.1 Å². The third-order valence-corrected chi connectivity index (χ3v) is 3.26. The average molecular weight is 283 g/mol. The van der Waals surface area contributed by atoms with Crippen LogP contribution in [0.3, 0.4) is 0 Å². The Balaban J connectivity index is 2.52. The number of aliphatic hydroxyl groups is 1. The lowest BCUT2D eigenvalue weighted by Crippen LogP contribution is -2.18. The minimum Gasteiger partial charge on any atom is -0.493 e. The molecule has 114 valence electrons. The maximum absolute atomic E-state index is 13.3. The Morgan fingerprint density at radius 3 is 2.70 bits per heavy atom. The van der Waals surface area contributed by atoms with Crippen LogP contribution in [0.4, 0.5) is 4.39 Å². The number of halogens is 1. The van der Waals surface area contributed by atoms with Crippen molar-refractivity contribution in [1.82, 2.24) is 5.32 Å². The maximum Gasteiger partial charge on any atom is 0.126 e. The molecule has 0 aliphatic carbocycles. The van der Waals surface area contributed by atoms with E-state index in [-0.39, 0.29) is 18.5 Å². The summed E-state index contributed by atoms with van der Waals surface area (Å²) < 4.78 is 19.1. The fraction of sp³-hybridized carbons (Fsp3) is 0.625. The molecular weight excluding hydrogens is 257 g/mol. The largest absolute Gasteiger partial charge is 0.493 e. The molecule has 20 heavy (non-hydrogen) atoms. The monoisotopic (exact) mass is 283 g/mol. The molecule has 0 amide bonds. The summed E-state index contributed by atoms with van der Waals surface area (Å²) >= 11 is 0. The van der Waals surface area contributed by atoms with Crippen molar-refractivity contribution in [1.29, 1.82) is 0 Å². The summed E-state index contributed by atoms with van der Waals surface area (Å²) in [6, 6.07) is 4.85. The number of nitrogens with one attached hydrogen (secondary N) is 1. The van der Waals surface area contributed by atoms with Crippen LogP contribution >= 0.6 is 0 Å². The van der Waals surface area contributed by atoms with E-state index in [1.165, 1.54) is 12.1 Å². The molecule has 1 rings (SSSR count). The fourth-order valence-corrected chi connectivity index (χ4v) is 2.16. The molecule has 0 heterocycles. The van der Waals surface area contributed by atoms with E-state index in [9.17, 15) is 4.39 Å². The summed E-state index contributed by atoms with van der Waals surface area (Å²) in [4.78, 5) is 0. The van der Waals surface area contributed by atoms with Crippen molar-refractivity contribution in [3.05, 3.63) is 29.6 Å². The van der Waals surface area contributed by atoms with Gasteiger partial charge in [-0.15, -0.1) is 0 Å². The van der Waals surface area contributed by atoms with Gasteiger partial charge in [-0.2, -0.15) is 0 Å². The second kappa shape index (κ2) is 9.72. The van der Waals surface area contributed by atoms with Gasteiger partial charge in [0.25, 0.3) is 0 Å². The van der Waals surface area contributed by atoms with Crippen molar-refractivity contribution in [2.24, 2.45) is 0 Å². The van der Waals surface area contributed by atoms with Gasteiger partial charge in [-0.05, 0) is 38.8 Å². The summed E-state index contributed by atoms with van der Waals surface area (Å²) in [6.45, 7) is 5.78. The number of rotatable bonds is 10. The van der Waals surface area contributed by atoms with Gasteiger partial charge in [0.05, 0.1) is 6.61 Å². The molecule has 1 aromatic carbocycles. The van der Waals surface area contributed by atoms with E-state index in [4.69, 9.17) is 9.84 Å². The SMILES string of the molecule is CCNC(C)c1ccc(F)cc1OCCCCCCO. The van der Waals surface area contributed by atoms with Gasteiger partial charge in [-0.25, -0.2) is 4.39 Å². The van der Waals surface area contributed by atoms with Crippen LogP contribution in [0.25, 0.3) is 0 Å². The molecule has 0 aromatic heterocycles. The summed E-state index contributed by atoms with van der Waals surface area (Å²) in [6.07, 6.45) is 3.78. The first-order valence-corrected chi connectivity index (χ1v) is 7.45. The van der Waals surface area contributed by atoms with Crippen molar-refractivity contribution in [2.75, 3.05) is 19.8 Å². The molecule has 1 aromatic rings. The van der Waals surface area contributed by atoms with Gasteiger partial charge in [0.2, 0.25) is 0 Å². The molecule has 0 bridgehead atoms. The fourth-order valence-electron chi connectivity index (χ4n) is 2.16. The molecule has 0 spiro atoms. The number of hydrogen-bond acceptors (Lipinski definition) is 3. The number of unbranched alkanes of at least 4 members (excludes halogenated alkanes) is 3. The standard InChI is InChI=1S/C16H26FNO2/c1-3-18-13(2)15-9-8-14(17)12-16(15)20-11-7-5-4-6-10-19/h8-9,12-13,18-19H,3-7,10-11H2,1-2H3. The Morgan fingerprint density at radius 2 is 2.00 bits per heavy atom. The molecule has 1 atom stereocenters. The molecule has 0 saturated carbocycles. The van der Waals surface area contributed by atoms with Gasteiger partial charge >= 0.3 is 0 Å². The first-order valence-electron chi connectivity index (χ1n) is 7.45. The van der Waals surface area contributed by atoms with E-state index in [1.54, 1.807) is 6.07 Å². The highest BCUT2D eigenvalue weighted by atomic mass is 19.1. The Labute approximate surface area is 121 Å². The van der Waals surface area contributed by atoms with Gasteiger partial charge in [0.15, 0.2) is 0 Å². The first-order chi connectivity index (χ1) is 9.69. The molecule has 4 heteroatoms. The molecule has 0 aliphatic rings. The van der Waals surface area contributed by atoms with E-state index < -0.39 is 0 Å². The third kappa shape index (κ3) is 5.88. The molecule has 0 radical (unpaired) electrons. The summed E-state index contributed by atoms with van der Waals surface area (Å²) in [5.74, 6) is 0.355. The zero-order chi connectivity index (χ0) is 14.8. The smallest absolute Gasteiger partial charge is 0.126 e. The maximum atomic E-state index is 13.3. The number of benzene rings is 1. The van der Waals surface area contributed by atoms with Crippen LogP contribution in [0.1, 0.15) is 51.1 Å². The summed E-state index contributed by atoms with van der Waals surface area (Å²) in [5, 5.41) is 12.0.